The third kappa shape index (κ3) is 3.57. The van der Waals surface area contributed by atoms with Gasteiger partial charge in [0.2, 0.25) is 0 Å². The molecule has 0 aliphatic carbocycles. The van der Waals surface area contributed by atoms with Crippen molar-refractivity contribution >= 4 is 11.6 Å². The fourth-order valence-electron chi connectivity index (χ4n) is 1.96. The third-order valence-electron chi connectivity index (χ3n) is 2.98. The maximum atomic E-state index is 13.3. The van der Waals surface area contributed by atoms with Crippen LogP contribution >= 0.6 is 0 Å². The lowest BCUT2D eigenvalue weighted by Crippen LogP contribution is -2.17. The van der Waals surface area contributed by atoms with Crippen LogP contribution in [0, 0.1) is 12.7 Å². The normalized spacial score (nSPS) is 10.2. The number of anilines is 1. The van der Waals surface area contributed by atoms with Crippen molar-refractivity contribution in [2.45, 2.75) is 13.5 Å². The Hall–Kier alpha value is -2.36. The van der Waals surface area contributed by atoms with Gasteiger partial charge in [0.15, 0.2) is 0 Å². The summed E-state index contributed by atoms with van der Waals surface area (Å²) in [5.41, 5.74) is 3.28. The molecule has 3 nitrogen and oxygen atoms in total. The minimum absolute atomic E-state index is 0.106. The van der Waals surface area contributed by atoms with Gasteiger partial charge in [-0.15, -0.1) is 0 Å². The van der Waals surface area contributed by atoms with E-state index in [0.717, 1.165) is 16.8 Å². The molecule has 0 saturated carbocycles. The molecule has 2 aromatic carbocycles. The smallest absolute Gasteiger partial charge is 0.251 e. The van der Waals surface area contributed by atoms with Gasteiger partial charge in [-0.3, -0.25) is 4.79 Å². The van der Waals surface area contributed by atoms with E-state index in [1.165, 1.54) is 12.1 Å². The fraction of sp³-hybridized carbons (Fsp3) is 0.188. The number of rotatable bonds is 4. The first-order valence-corrected chi connectivity index (χ1v) is 6.40. The van der Waals surface area contributed by atoms with Crippen molar-refractivity contribution in [1.29, 1.82) is 0 Å². The molecular formula is C16H17FN2O. The highest BCUT2D eigenvalue weighted by atomic mass is 19.1. The quantitative estimate of drug-likeness (QED) is 0.898. The lowest BCUT2D eigenvalue weighted by Gasteiger charge is -2.08. The summed E-state index contributed by atoms with van der Waals surface area (Å²) >= 11 is 0. The summed E-state index contributed by atoms with van der Waals surface area (Å²) in [6.45, 7) is 2.43. The van der Waals surface area contributed by atoms with E-state index in [1.807, 2.05) is 25.1 Å². The molecule has 4 heteroatoms. The molecule has 0 radical (unpaired) electrons. The molecule has 2 rings (SSSR count). The molecule has 0 aliphatic rings. The molecule has 0 atom stereocenters. The predicted molar refractivity (Wildman–Crippen MR) is 78.3 cm³/mol. The number of halogens is 1. The molecule has 0 aliphatic heterocycles. The average molecular weight is 272 g/mol. The molecule has 1 amide bonds. The Kier molecular flexibility index (Phi) is 4.35. The first kappa shape index (κ1) is 14.1. The van der Waals surface area contributed by atoms with E-state index in [2.05, 4.69) is 10.6 Å². The second-order valence-corrected chi connectivity index (χ2v) is 4.65. The number of benzene rings is 2. The van der Waals surface area contributed by atoms with Gasteiger partial charge in [-0.25, -0.2) is 4.39 Å². The molecule has 20 heavy (non-hydrogen) atoms. The molecule has 0 saturated heterocycles. The van der Waals surface area contributed by atoms with Gasteiger partial charge < -0.3 is 10.6 Å². The lowest BCUT2D eigenvalue weighted by molar-refractivity contribution is 0.0963. The molecule has 0 bridgehead atoms. The number of hydrogen-bond acceptors (Lipinski definition) is 2. The number of hydrogen-bond donors (Lipinski definition) is 2. The predicted octanol–water partition coefficient (Wildman–Crippen LogP) is 3.11. The minimum Gasteiger partial charge on any atom is -0.381 e. The third-order valence-corrected chi connectivity index (χ3v) is 2.98. The Balaban J connectivity index is 2.02. The van der Waals surface area contributed by atoms with E-state index in [0.29, 0.717) is 12.1 Å². The molecule has 0 aromatic heterocycles. The van der Waals surface area contributed by atoms with Crippen molar-refractivity contribution in [3.05, 3.63) is 65.0 Å². The summed E-state index contributed by atoms with van der Waals surface area (Å²) in [5, 5.41) is 5.74. The number of carbonyl (C=O) groups is 1. The number of aryl methyl sites for hydroxylation is 1. The standard InChI is InChI=1S/C16H17FN2O/c1-11-7-14(17)9-15(8-11)19-10-12-3-5-13(6-4-12)16(20)18-2/h3-9,19H,10H2,1-2H3,(H,18,20). The lowest BCUT2D eigenvalue weighted by atomic mass is 10.1. The van der Waals surface area contributed by atoms with E-state index >= 15 is 0 Å². The highest BCUT2D eigenvalue weighted by molar-refractivity contribution is 5.93. The van der Waals surface area contributed by atoms with Crippen LogP contribution in [0.3, 0.4) is 0 Å². The van der Waals surface area contributed by atoms with Gasteiger partial charge in [0.1, 0.15) is 5.82 Å². The van der Waals surface area contributed by atoms with Crippen molar-refractivity contribution < 1.29 is 9.18 Å². The van der Waals surface area contributed by atoms with E-state index in [9.17, 15) is 9.18 Å². The number of amides is 1. The zero-order chi connectivity index (χ0) is 14.5. The summed E-state index contributed by atoms with van der Waals surface area (Å²) in [6.07, 6.45) is 0. The van der Waals surface area contributed by atoms with Gasteiger partial charge >= 0.3 is 0 Å². The summed E-state index contributed by atoms with van der Waals surface area (Å²) in [6, 6.07) is 12.1. The Morgan fingerprint density at radius 1 is 1.15 bits per heavy atom. The molecular weight excluding hydrogens is 255 g/mol. The largest absolute Gasteiger partial charge is 0.381 e. The topological polar surface area (TPSA) is 41.1 Å². The maximum absolute atomic E-state index is 13.3. The van der Waals surface area contributed by atoms with Crippen LogP contribution in [0.2, 0.25) is 0 Å². The molecule has 0 spiro atoms. The summed E-state index contributed by atoms with van der Waals surface area (Å²) in [7, 11) is 1.60. The van der Waals surface area contributed by atoms with E-state index in [1.54, 1.807) is 19.2 Å². The van der Waals surface area contributed by atoms with E-state index in [-0.39, 0.29) is 11.7 Å². The van der Waals surface area contributed by atoms with Crippen LogP contribution in [-0.4, -0.2) is 13.0 Å². The maximum Gasteiger partial charge on any atom is 0.251 e. The zero-order valence-electron chi connectivity index (χ0n) is 11.5. The van der Waals surface area contributed by atoms with Crippen molar-refractivity contribution in [1.82, 2.24) is 5.32 Å². The molecule has 0 fully saturated rings. The van der Waals surface area contributed by atoms with E-state index < -0.39 is 0 Å². The molecule has 2 aromatic rings. The Morgan fingerprint density at radius 2 is 1.85 bits per heavy atom. The van der Waals surface area contributed by atoms with Crippen LogP contribution in [0.1, 0.15) is 21.5 Å². The highest BCUT2D eigenvalue weighted by Gasteiger charge is 2.02. The van der Waals surface area contributed by atoms with Crippen LogP contribution in [0.25, 0.3) is 0 Å². The Labute approximate surface area is 117 Å². The van der Waals surface area contributed by atoms with Gasteiger partial charge in [0.05, 0.1) is 0 Å². The fourth-order valence-corrected chi connectivity index (χ4v) is 1.96. The molecule has 104 valence electrons. The van der Waals surface area contributed by atoms with Crippen LogP contribution < -0.4 is 10.6 Å². The van der Waals surface area contributed by atoms with Gasteiger partial charge in [-0.05, 0) is 48.4 Å². The molecule has 0 unspecified atom stereocenters. The van der Waals surface area contributed by atoms with Crippen LogP contribution in [0.15, 0.2) is 42.5 Å². The SMILES string of the molecule is CNC(=O)c1ccc(CNc2cc(C)cc(F)c2)cc1. The van der Waals surface area contributed by atoms with Gasteiger partial charge in [0.25, 0.3) is 5.91 Å². The summed E-state index contributed by atoms with van der Waals surface area (Å²) < 4.78 is 13.3. The van der Waals surface area contributed by atoms with Gasteiger partial charge in [0, 0.05) is 24.8 Å². The first-order chi connectivity index (χ1) is 9.58. The first-order valence-electron chi connectivity index (χ1n) is 6.40. The van der Waals surface area contributed by atoms with Crippen LogP contribution in [0.4, 0.5) is 10.1 Å². The second-order valence-electron chi connectivity index (χ2n) is 4.65. The number of nitrogens with one attached hydrogen (secondary N) is 2. The van der Waals surface area contributed by atoms with Crippen molar-refractivity contribution in [3.63, 3.8) is 0 Å². The molecule has 2 N–H and O–H groups in total. The second kappa shape index (κ2) is 6.19. The van der Waals surface area contributed by atoms with Crippen molar-refractivity contribution in [2.75, 3.05) is 12.4 Å². The molecule has 0 heterocycles. The average Bonchev–Trinajstić information content (AvgIpc) is 2.44. The van der Waals surface area contributed by atoms with Crippen molar-refractivity contribution in [3.8, 4) is 0 Å². The minimum atomic E-state index is -0.248. The summed E-state index contributed by atoms with van der Waals surface area (Å²) in [5.74, 6) is -0.354. The Bertz CT molecular complexity index is 588. The number of carbonyl (C=O) groups excluding carboxylic acids is 1. The zero-order valence-corrected chi connectivity index (χ0v) is 11.5. The van der Waals surface area contributed by atoms with E-state index in [4.69, 9.17) is 0 Å². The van der Waals surface area contributed by atoms with Crippen LogP contribution in [0.5, 0.6) is 0 Å². The summed E-state index contributed by atoms with van der Waals surface area (Å²) in [4.78, 5) is 11.4. The van der Waals surface area contributed by atoms with Crippen molar-refractivity contribution in [2.24, 2.45) is 0 Å². The van der Waals surface area contributed by atoms with Gasteiger partial charge in [-0.1, -0.05) is 12.1 Å². The van der Waals surface area contributed by atoms with Gasteiger partial charge in [-0.2, -0.15) is 0 Å². The monoisotopic (exact) mass is 272 g/mol. The highest BCUT2D eigenvalue weighted by Crippen LogP contribution is 2.14. The Morgan fingerprint density at radius 3 is 2.45 bits per heavy atom. The van der Waals surface area contributed by atoms with Crippen LogP contribution in [-0.2, 0) is 6.54 Å².